The third kappa shape index (κ3) is 3.58. The van der Waals surface area contributed by atoms with Crippen molar-refractivity contribution in [1.82, 2.24) is 0 Å². The van der Waals surface area contributed by atoms with Crippen LogP contribution in [0, 0.1) is 11.2 Å². The Morgan fingerprint density at radius 3 is 2.37 bits per heavy atom. The fourth-order valence-corrected chi connectivity index (χ4v) is 2.88. The minimum Gasteiger partial charge on any atom is -0.387 e. The van der Waals surface area contributed by atoms with E-state index in [0.717, 1.165) is 5.56 Å². The number of hydrogen-bond donors (Lipinski definition) is 2. The van der Waals surface area contributed by atoms with E-state index in [4.69, 9.17) is 11.1 Å². The Labute approximate surface area is 116 Å². The van der Waals surface area contributed by atoms with E-state index in [9.17, 15) is 4.39 Å². The molecule has 2 aromatic carbocycles. The van der Waals surface area contributed by atoms with Crippen LogP contribution in [-0.4, -0.2) is 11.6 Å². The number of halogens is 1. The summed E-state index contributed by atoms with van der Waals surface area (Å²) in [7, 11) is 0. The fraction of sp³-hybridized carbons (Fsp3) is 0.133. The summed E-state index contributed by atoms with van der Waals surface area (Å²) in [6, 6.07) is 16.3. The van der Waals surface area contributed by atoms with Gasteiger partial charge >= 0.3 is 0 Å². The molecular formula is C15H15FN2S. The smallest absolute Gasteiger partial charge is 0.136 e. The molecule has 0 amide bonds. The first kappa shape index (κ1) is 13.6. The molecule has 0 saturated heterocycles. The molecule has 3 N–H and O–H groups in total. The van der Waals surface area contributed by atoms with Gasteiger partial charge in [-0.25, -0.2) is 4.39 Å². The van der Waals surface area contributed by atoms with Crippen LogP contribution in [0.25, 0.3) is 0 Å². The average Bonchev–Trinajstić information content (AvgIpc) is 2.42. The summed E-state index contributed by atoms with van der Waals surface area (Å²) in [6.45, 7) is 0. The van der Waals surface area contributed by atoms with Crippen LogP contribution in [0.15, 0.2) is 59.5 Å². The second kappa shape index (κ2) is 6.38. The molecule has 2 nitrogen and oxygen atoms in total. The van der Waals surface area contributed by atoms with Crippen LogP contribution < -0.4 is 5.73 Å². The summed E-state index contributed by atoms with van der Waals surface area (Å²) in [4.78, 5) is 0.588. The van der Waals surface area contributed by atoms with Crippen LogP contribution in [0.3, 0.4) is 0 Å². The number of rotatable bonds is 5. The number of benzene rings is 2. The van der Waals surface area contributed by atoms with Crippen molar-refractivity contribution in [2.75, 3.05) is 5.75 Å². The summed E-state index contributed by atoms with van der Waals surface area (Å²) < 4.78 is 13.5. The first-order valence-corrected chi connectivity index (χ1v) is 6.93. The first-order chi connectivity index (χ1) is 9.18. The molecule has 0 bridgehead atoms. The van der Waals surface area contributed by atoms with E-state index >= 15 is 0 Å². The maximum absolute atomic E-state index is 13.5. The van der Waals surface area contributed by atoms with Crippen LogP contribution in [0.5, 0.6) is 0 Å². The van der Waals surface area contributed by atoms with E-state index < -0.39 is 0 Å². The monoisotopic (exact) mass is 274 g/mol. The summed E-state index contributed by atoms with van der Waals surface area (Å²) >= 11 is 1.38. The largest absolute Gasteiger partial charge is 0.387 e. The van der Waals surface area contributed by atoms with Gasteiger partial charge in [-0.05, 0) is 17.7 Å². The van der Waals surface area contributed by atoms with Crippen LogP contribution in [0.2, 0.25) is 0 Å². The van der Waals surface area contributed by atoms with Crippen LogP contribution in [0.4, 0.5) is 4.39 Å². The number of thioether (sulfide) groups is 1. The van der Waals surface area contributed by atoms with Gasteiger partial charge in [0.05, 0.1) is 11.8 Å². The van der Waals surface area contributed by atoms with Crippen LogP contribution in [0.1, 0.15) is 11.5 Å². The van der Waals surface area contributed by atoms with Gasteiger partial charge in [0.15, 0.2) is 0 Å². The molecule has 0 saturated carbocycles. The molecule has 0 radical (unpaired) electrons. The van der Waals surface area contributed by atoms with Crippen molar-refractivity contribution in [3.05, 3.63) is 66.0 Å². The highest BCUT2D eigenvalue weighted by Crippen LogP contribution is 2.27. The van der Waals surface area contributed by atoms with E-state index in [2.05, 4.69) is 0 Å². The minimum absolute atomic E-state index is 0.107. The molecule has 0 aliphatic rings. The molecular weight excluding hydrogens is 259 g/mol. The molecule has 19 heavy (non-hydrogen) atoms. The van der Waals surface area contributed by atoms with Gasteiger partial charge in [0.2, 0.25) is 0 Å². The summed E-state index contributed by atoms with van der Waals surface area (Å²) in [5, 5.41) is 7.68. The Morgan fingerprint density at radius 2 is 1.74 bits per heavy atom. The number of hydrogen-bond acceptors (Lipinski definition) is 2. The predicted octanol–water partition coefficient (Wildman–Crippen LogP) is 3.64. The van der Waals surface area contributed by atoms with Gasteiger partial charge < -0.3 is 5.73 Å². The summed E-state index contributed by atoms with van der Waals surface area (Å²) in [5.41, 5.74) is 6.63. The third-order valence-corrected chi connectivity index (χ3v) is 3.96. The molecule has 0 aliphatic carbocycles. The van der Waals surface area contributed by atoms with Crippen LogP contribution in [-0.2, 0) is 0 Å². The molecule has 0 heterocycles. The minimum atomic E-state index is -0.233. The molecule has 0 spiro atoms. The zero-order valence-corrected chi connectivity index (χ0v) is 11.2. The maximum Gasteiger partial charge on any atom is 0.136 e. The van der Waals surface area contributed by atoms with E-state index in [-0.39, 0.29) is 17.6 Å². The topological polar surface area (TPSA) is 49.9 Å². The molecule has 1 unspecified atom stereocenters. The molecule has 98 valence electrons. The second-order valence-electron chi connectivity index (χ2n) is 4.16. The number of amidine groups is 1. The van der Waals surface area contributed by atoms with E-state index in [0.29, 0.717) is 10.6 Å². The predicted molar refractivity (Wildman–Crippen MR) is 78.2 cm³/mol. The first-order valence-electron chi connectivity index (χ1n) is 5.94. The number of nitrogens with one attached hydrogen (secondary N) is 1. The molecule has 1 atom stereocenters. The van der Waals surface area contributed by atoms with Gasteiger partial charge in [0.25, 0.3) is 0 Å². The Balaban J connectivity index is 2.11. The Hall–Kier alpha value is -1.81. The highest BCUT2D eigenvalue weighted by molar-refractivity contribution is 7.99. The lowest BCUT2D eigenvalue weighted by Gasteiger charge is -2.15. The lowest BCUT2D eigenvalue weighted by molar-refractivity contribution is 0.602. The quantitative estimate of drug-likeness (QED) is 0.497. The highest BCUT2D eigenvalue weighted by atomic mass is 32.2. The van der Waals surface area contributed by atoms with Crippen molar-refractivity contribution in [3.63, 3.8) is 0 Å². The normalized spacial score (nSPS) is 12.1. The zero-order valence-electron chi connectivity index (χ0n) is 10.3. The Kier molecular flexibility index (Phi) is 4.58. The van der Waals surface area contributed by atoms with Gasteiger partial charge in [-0.15, -0.1) is 11.8 Å². The van der Waals surface area contributed by atoms with Crippen molar-refractivity contribution in [3.8, 4) is 0 Å². The third-order valence-electron chi connectivity index (χ3n) is 2.82. The lowest BCUT2D eigenvalue weighted by Crippen LogP contribution is -2.22. The van der Waals surface area contributed by atoms with Crippen molar-refractivity contribution >= 4 is 17.6 Å². The summed E-state index contributed by atoms with van der Waals surface area (Å²) in [6.07, 6.45) is 0. The van der Waals surface area contributed by atoms with Crippen LogP contribution >= 0.6 is 11.8 Å². The summed E-state index contributed by atoms with van der Waals surface area (Å²) in [5.74, 6) is 0.240. The maximum atomic E-state index is 13.5. The van der Waals surface area contributed by atoms with Crippen molar-refractivity contribution < 1.29 is 4.39 Å². The molecule has 0 fully saturated rings. The Morgan fingerprint density at radius 1 is 1.11 bits per heavy atom. The van der Waals surface area contributed by atoms with Gasteiger partial charge in [-0.1, -0.05) is 42.5 Å². The van der Waals surface area contributed by atoms with E-state index in [1.54, 1.807) is 18.2 Å². The van der Waals surface area contributed by atoms with Gasteiger partial charge in [-0.2, -0.15) is 0 Å². The van der Waals surface area contributed by atoms with Gasteiger partial charge in [-0.3, -0.25) is 5.41 Å². The zero-order chi connectivity index (χ0) is 13.7. The average molecular weight is 274 g/mol. The molecule has 4 heteroatoms. The van der Waals surface area contributed by atoms with E-state index in [1.165, 1.54) is 17.8 Å². The SMILES string of the molecule is N=C(N)C(CSc1ccccc1F)c1ccccc1. The number of nitrogens with two attached hydrogens (primary N) is 1. The highest BCUT2D eigenvalue weighted by Gasteiger charge is 2.15. The fourth-order valence-electron chi connectivity index (χ4n) is 1.79. The molecule has 2 aromatic rings. The van der Waals surface area contributed by atoms with Gasteiger partial charge in [0.1, 0.15) is 5.82 Å². The van der Waals surface area contributed by atoms with Crippen molar-refractivity contribution in [2.24, 2.45) is 5.73 Å². The Bertz CT molecular complexity index is 557. The van der Waals surface area contributed by atoms with Crippen molar-refractivity contribution in [2.45, 2.75) is 10.8 Å². The standard InChI is InChI=1S/C15H15FN2S/c16-13-8-4-5-9-14(13)19-10-12(15(17)18)11-6-2-1-3-7-11/h1-9,12H,10H2,(H3,17,18). The lowest BCUT2D eigenvalue weighted by atomic mass is 10.0. The second-order valence-corrected chi connectivity index (χ2v) is 5.22. The van der Waals surface area contributed by atoms with Crippen molar-refractivity contribution in [1.29, 1.82) is 5.41 Å². The van der Waals surface area contributed by atoms with Gasteiger partial charge in [0, 0.05) is 10.6 Å². The molecule has 0 aromatic heterocycles. The molecule has 2 rings (SSSR count). The molecule has 0 aliphatic heterocycles. The van der Waals surface area contributed by atoms with E-state index in [1.807, 2.05) is 30.3 Å².